The molecule has 100 valence electrons. The molecule has 1 rings (SSSR count). The monoisotopic (exact) mass is 266 g/mol. The van der Waals surface area contributed by atoms with E-state index in [-0.39, 0.29) is 5.97 Å². The van der Waals surface area contributed by atoms with Crippen LogP contribution in [-0.2, 0) is 4.74 Å². The number of esters is 1. The van der Waals surface area contributed by atoms with Gasteiger partial charge in [0.2, 0.25) is 0 Å². The van der Waals surface area contributed by atoms with Crippen LogP contribution in [0.2, 0.25) is 0 Å². The molecule has 0 saturated heterocycles. The summed E-state index contributed by atoms with van der Waals surface area (Å²) in [5.74, 6) is -0.237. The fourth-order valence-electron chi connectivity index (χ4n) is 1.78. The van der Waals surface area contributed by atoms with E-state index in [1.807, 2.05) is 19.1 Å². The summed E-state index contributed by atoms with van der Waals surface area (Å²) in [7, 11) is 0. The number of hydrogen-bond donors (Lipinski definition) is 1. The zero-order valence-electron chi connectivity index (χ0n) is 11.2. The third kappa shape index (κ3) is 5.13. The van der Waals surface area contributed by atoms with Crippen molar-refractivity contribution >= 4 is 18.6 Å². The van der Waals surface area contributed by atoms with Crippen molar-refractivity contribution < 1.29 is 9.53 Å². The Morgan fingerprint density at radius 2 is 1.94 bits per heavy atom. The molecule has 1 aromatic rings. The van der Waals surface area contributed by atoms with Crippen molar-refractivity contribution in [3.05, 3.63) is 29.3 Å². The lowest BCUT2D eigenvalue weighted by atomic mass is 10.1. The second-order valence-electron chi connectivity index (χ2n) is 4.55. The third-order valence-electron chi connectivity index (χ3n) is 2.92. The van der Waals surface area contributed by atoms with Gasteiger partial charge in [-0.05, 0) is 31.0 Å². The van der Waals surface area contributed by atoms with Gasteiger partial charge in [0, 0.05) is 4.90 Å². The normalized spacial score (nSPS) is 10.4. The van der Waals surface area contributed by atoms with Gasteiger partial charge < -0.3 is 4.74 Å². The van der Waals surface area contributed by atoms with Crippen LogP contribution < -0.4 is 0 Å². The van der Waals surface area contributed by atoms with Gasteiger partial charge in [-0.3, -0.25) is 0 Å². The van der Waals surface area contributed by atoms with Gasteiger partial charge in [0.1, 0.15) is 0 Å². The minimum absolute atomic E-state index is 0.237. The van der Waals surface area contributed by atoms with Crippen LogP contribution in [0.15, 0.2) is 23.1 Å². The highest BCUT2D eigenvalue weighted by Crippen LogP contribution is 2.15. The molecule has 0 saturated carbocycles. The number of hydrogen-bond acceptors (Lipinski definition) is 3. The van der Waals surface area contributed by atoms with Crippen LogP contribution in [0.25, 0.3) is 0 Å². The smallest absolute Gasteiger partial charge is 0.338 e. The summed E-state index contributed by atoms with van der Waals surface area (Å²) < 4.78 is 5.27. The number of thiol groups is 1. The Bertz CT molecular complexity index is 388. The van der Waals surface area contributed by atoms with Crippen LogP contribution in [-0.4, -0.2) is 12.6 Å². The van der Waals surface area contributed by atoms with Crippen LogP contribution in [0.4, 0.5) is 0 Å². The maximum atomic E-state index is 11.9. The van der Waals surface area contributed by atoms with Crippen molar-refractivity contribution in [2.24, 2.45) is 0 Å². The first-order chi connectivity index (χ1) is 8.65. The molecule has 0 aliphatic heterocycles. The van der Waals surface area contributed by atoms with Gasteiger partial charge in [0.25, 0.3) is 0 Å². The number of carbonyl (C=O) groups excluding carboxylic acids is 1. The first-order valence-electron chi connectivity index (χ1n) is 6.62. The summed E-state index contributed by atoms with van der Waals surface area (Å²) in [6.07, 6.45) is 5.79. The van der Waals surface area contributed by atoms with Gasteiger partial charge in [-0.25, -0.2) is 4.79 Å². The molecule has 0 amide bonds. The Balaban J connectivity index is 2.34. The van der Waals surface area contributed by atoms with Crippen LogP contribution in [0.5, 0.6) is 0 Å². The Morgan fingerprint density at radius 3 is 2.67 bits per heavy atom. The quantitative estimate of drug-likeness (QED) is 0.449. The van der Waals surface area contributed by atoms with E-state index in [1.165, 1.54) is 19.3 Å². The van der Waals surface area contributed by atoms with Gasteiger partial charge in [-0.1, -0.05) is 38.7 Å². The van der Waals surface area contributed by atoms with Crippen molar-refractivity contribution in [2.45, 2.75) is 50.8 Å². The Kier molecular flexibility index (Phi) is 6.88. The summed E-state index contributed by atoms with van der Waals surface area (Å²) in [6, 6.07) is 5.53. The predicted octanol–water partition coefficient (Wildman–Crippen LogP) is 4.41. The Labute approximate surface area is 115 Å². The van der Waals surface area contributed by atoms with Gasteiger partial charge in [0.05, 0.1) is 12.2 Å². The molecule has 1 aromatic carbocycles. The van der Waals surface area contributed by atoms with Gasteiger partial charge in [-0.15, -0.1) is 12.6 Å². The fraction of sp³-hybridized carbons (Fsp3) is 0.533. The molecule has 0 radical (unpaired) electrons. The second kappa shape index (κ2) is 8.20. The summed E-state index contributed by atoms with van der Waals surface area (Å²) in [5.41, 5.74) is 1.56. The predicted molar refractivity (Wildman–Crippen MR) is 77.5 cm³/mol. The van der Waals surface area contributed by atoms with E-state index < -0.39 is 0 Å². The minimum atomic E-state index is -0.237. The van der Waals surface area contributed by atoms with Crippen molar-refractivity contribution in [3.63, 3.8) is 0 Å². The van der Waals surface area contributed by atoms with Gasteiger partial charge in [-0.2, -0.15) is 0 Å². The second-order valence-corrected chi connectivity index (χ2v) is 5.07. The minimum Gasteiger partial charge on any atom is -0.462 e. The molecule has 0 aromatic heterocycles. The molecule has 0 aliphatic carbocycles. The van der Waals surface area contributed by atoms with Crippen LogP contribution >= 0.6 is 12.6 Å². The van der Waals surface area contributed by atoms with Gasteiger partial charge >= 0.3 is 5.97 Å². The zero-order chi connectivity index (χ0) is 13.4. The number of benzene rings is 1. The first kappa shape index (κ1) is 15.1. The van der Waals surface area contributed by atoms with Crippen molar-refractivity contribution in [3.8, 4) is 0 Å². The van der Waals surface area contributed by atoms with Crippen molar-refractivity contribution in [1.29, 1.82) is 0 Å². The number of ether oxygens (including phenoxy) is 1. The molecule has 3 heteroatoms. The molecule has 0 unspecified atom stereocenters. The number of unbranched alkanes of at least 4 members (excludes halogenated alkanes) is 4. The lowest BCUT2D eigenvalue weighted by molar-refractivity contribution is 0.0496. The zero-order valence-corrected chi connectivity index (χ0v) is 12.1. The summed E-state index contributed by atoms with van der Waals surface area (Å²) in [5, 5.41) is 0. The van der Waals surface area contributed by atoms with E-state index in [2.05, 4.69) is 19.6 Å². The van der Waals surface area contributed by atoms with Crippen LogP contribution in [0.1, 0.15) is 54.9 Å². The SMILES string of the molecule is CCCCCCCOC(=O)c1cc(S)ccc1C. The van der Waals surface area contributed by atoms with Crippen molar-refractivity contribution in [1.82, 2.24) is 0 Å². The molecule has 0 N–H and O–H groups in total. The van der Waals surface area contributed by atoms with Crippen LogP contribution in [0.3, 0.4) is 0 Å². The van der Waals surface area contributed by atoms with E-state index in [9.17, 15) is 4.79 Å². The third-order valence-corrected chi connectivity index (χ3v) is 3.20. The van der Waals surface area contributed by atoms with E-state index >= 15 is 0 Å². The molecule has 0 aliphatic rings. The first-order valence-corrected chi connectivity index (χ1v) is 7.06. The molecule has 0 fully saturated rings. The molecule has 0 atom stereocenters. The average Bonchev–Trinajstić information content (AvgIpc) is 2.36. The maximum Gasteiger partial charge on any atom is 0.338 e. The summed E-state index contributed by atoms with van der Waals surface area (Å²) in [6.45, 7) is 4.61. The molecular weight excluding hydrogens is 244 g/mol. The topological polar surface area (TPSA) is 26.3 Å². The lowest BCUT2D eigenvalue weighted by Crippen LogP contribution is -2.08. The molecule has 0 spiro atoms. The van der Waals surface area contributed by atoms with Crippen LogP contribution in [0, 0.1) is 6.92 Å². The Hall–Kier alpha value is -0.960. The highest BCUT2D eigenvalue weighted by Gasteiger charge is 2.10. The van der Waals surface area contributed by atoms with Crippen molar-refractivity contribution in [2.75, 3.05) is 6.61 Å². The Morgan fingerprint density at radius 1 is 1.22 bits per heavy atom. The fourth-order valence-corrected chi connectivity index (χ4v) is 1.98. The maximum absolute atomic E-state index is 11.9. The van der Waals surface area contributed by atoms with E-state index in [4.69, 9.17) is 4.74 Å². The lowest BCUT2D eigenvalue weighted by Gasteiger charge is -2.07. The van der Waals surface area contributed by atoms with E-state index in [0.29, 0.717) is 12.2 Å². The number of carbonyl (C=O) groups is 1. The standard InChI is InChI=1S/C15H22O2S/c1-3-4-5-6-7-10-17-15(16)14-11-13(18)9-8-12(14)2/h8-9,11,18H,3-7,10H2,1-2H3. The van der Waals surface area contributed by atoms with E-state index in [1.54, 1.807) is 6.07 Å². The largest absolute Gasteiger partial charge is 0.462 e. The number of rotatable bonds is 7. The summed E-state index contributed by atoms with van der Waals surface area (Å²) >= 11 is 4.24. The average molecular weight is 266 g/mol. The van der Waals surface area contributed by atoms with E-state index in [0.717, 1.165) is 23.3 Å². The highest BCUT2D eigenvalue weighted by molar-refractivity contribution is 7.80. The highest BCUT2D eigenvalue weighted by atomic mass is 32.1. The summed E-state index contributed by atoms with van der Waals surface area (Å²) in [4.78, 5) is 12.6. The van der Waals surface area contributed by atoms with Gasteiger partial charge in [0.15, 0.2) is 0 Å². The molecule has 18 heavy (non-hydrogen) atoms. The molecule has 2 nitrogen and oxygen atoms in total. The molecule has 0 bridgehead atoms. The number of aryl methyl sites for hydroxylation is 1. The molecular formula is C15H22O2S. The molecule has 0 heterocycles.